The Bertz CT molecular complexity index is 897. The molecule has 5 rings (SSSR count). The molecule has 0 aromatic rings. The molecule has 19 atom stereocenters. The van der Waals surface area contributed by atoms with E-state index in [-0.39, 0.29) is 37.2 Å². The molecule has 19 unspecified atom stereocenters. The summed E-state index contributed by atoms with van der Waals surface area (Å²) in [4.78, 5) is 0. The van der Waals surface area contributed by atoms with Crippen LogP contribution < -0.4 is 0 Å². The highest BCUT2D eigenvalue weighted by molar-refractivity contribution is 4.98. The van der Waals surface area contributed by atoms with Gasteiger partial charge in [-0.1, -0.05) is 0 Å². The van der Waals surface area contributed by atoms with E-state index in [1.54, 1.807) is 0 Å². The fourth-order valence-corrected chi connectivity index (χ4v) is 7.24. The normalized spacial score (nSPS) is 54.6. The van der Waals surface area contributed by atoms with Gasteiger partial charge in [0, 0.05) is 18.8 Å². The smallest absolute Gasteiger partial charge is 0.187 e. The quantitative estimate of drug-likeness (QED) is 0.117. The number of hydrogen-bond acceptors (Lipinski definition) is 15. The predicted molar refractivity (Wildman–Crippen MR) is 140 cm³/mol. The summed E-state index contributed by atoms with van der Waals surface area (Å²) in [5.74, 6) is -0.576. The third-order valence-electron chi connectivity index (χ3n) is 9.82. The van der Waals surface area contributed by atoms with Crippen molar-refractivity contribution in [2.45, 2.75) is 143 Å². The second kappa shape index (κ2) is 14.0. The van der Waals surface area contributed by atoms with Crippen LogP contribution in [-0.2, 0) is 18.9 Å². The van der Waals surface area contributed by atoms with Crippen LogP contribution in [-0.4, -0.2) is 178 Å². The molecule has 5 fully saturated rings. The predicted octanol–water partition coefficient (Wildman–Crippen LogP) is -5.68. The summed E-state index contributed by atoms with van der Waals surface area (Å²) < 4.78 is 27.8. The minimum absolute atomic E-state index is 0.174. The molecule has 5 aliphatic rings. The van der Waals surface area contributed by atoms with E-state index in [1.165, 1.54) is 0 Å². The molecular weight excluding hydrogens is 580 g/mol. The highest BCUT2D eigenvalue weighted by Gasteiger charge is 2.55. The molecule has 12 N–H and O–H groups in total. The second-order valence-corrected chi connectivity index (χ2v) is 12.7. The zero-order valence-corrected chi connectivity index (χ0v) is 23.6. The van der Waals surface area contributed by atoms with Crippen LogP contribution in [0.15, 0.2) is 0 Å². The lowest BCUT2D eigenvalue weighted by Gasteiger charge is -2.48. The highest BCUT2D eigenvalue weighted by Crippen LogP contribution is 2.42. The first-order valence-corrected chi connectivity index (χ1v) is 15.1. The van der Waals surface area contributed by atoms with E-state index in [4.69, 9.17) is 23.7 Å². The van der Waals surface area contributed by atoms with E-state index in [1.807, 2.05) is 0 Å². The van der Waals surface area contributed by atoms with E-state index in [0.717, 1.165) is 0 Å². The maximum absolute atomic E-state index is 10.8. The third-order valence-corrected chi connectivity index (χ3v) is 9.82. The van der Waals surface area contributed by atoms with Gasteiger partial charge >= 0.3 is 0 Å². The van der Waals surface area contributed by atoms with Crippen molar-refractivity contribution in [3.8, 4) is 0 Å². The maximum Gasteiger partial charge on any atom is 0.187 e. The Morgan fingerprint density at radius 1 is 0.628 bits per heavy atom. The first kappa shape index (κ1) is 33.7. The van der Waals surface area contributed by atoms with Gasteiger partial charge in [0.1, 0.15) is 54.9 Å². The van der Waals surface area contributed by atoms with E-state index < -0.39 is 111 Å². The van der Waals surface area contributed by atoms with Crippen molar-refractivity contribution in [2.75, 3.05) is 13.2 Å². The van der Waals surface area contributed by atoms with Crippen molar-refractivity contribution in [1.29, 1.82) is 0 Å². The summed E-state index contributed by atoms with van der Waals surface area (Å²) >= 11 is 0. The molecule has 0 spiro atoms. The van der Waals surface area contributed by atoms with Crippen LogP contribution in [0.2, 0.25) is 0 Å². The van der Waals surface area contributed by atoms with Gasteiger partial charge in [0.05, 0.1) is 43.5 Å². The Labute approximate surface area is 248 Å². The summed E-state index contributed by atoms with van der Waals surface area (Å²) in [6.07, 6.45) is -18.8. The van der Waals surface area contributed by atoms with Gasteiger partial charge in [0.15, 0.2) is 24.8 Å². The number of aliphatic hydroxyl groups is 13. The molecule has 250 valence electrons. The van der Waals surface area contributed by atoms with Crippen LogP contribution in [0.25, 0.3) is 0 Å². The number of fused-ring (bicyclic) bond motifs is 1. The zero-order chi connectivity index (χ0) is 31.2. The van der Waals surface area contributed by atoms with Crippen molar-refractivity contribution < 1.29 is 79.9 Å². The Morgan fingerprint density at radius 3 is 1.95 bits per heavy atom. The van der Waals surface area contributed by atoms with Gasteiger partial charge in [-0.2, -0.15) is 0 Å². The van der Waals surface area contributed by atoms with Crippen molar-refractivity contribution in [3.05, 3.63) is 0 Å². The van der Waals surface area contributed by atoms with Gasteiger partial charge in [0.25, 0.3) is 0 Å². The maximum atomic E-state index is 10.8. The molecule has 0 bridgehead atoms. The molecule has 0 amide bonds. The number of ether oxygens (including phenoxy) is 5. The second-order valence-electron chi connectivity index (χ2n) is 12.7. The molecule has 16 heteroatoms. The molecule has 3 aliphatic heterocycles. The van der Waals surface area contributed by atoms with Crippen molar-refractivity contribution >= 4 is 0 Å². The largest absolute Gasteiger partial charge is 0.427 e. The molecule has 0 radical (unpaired) electrons. The van der Waals surface area contributed by atoms with Crippen LogP contribution in [0.3, 0.4) is 0 Å². The third kappa shape index (κ3) is 7.05. The molecule has 2 saturated carbocycles. The fraction of sp³-hybridized carbons (Fsp3) is 1.00. The molecular formula is C27H47O16+. The summed E-state index contributed by atoms with van der Waals surface area (Å²) in [5.41, 5.74) is 0. The van der Waals surface area contributed by atoms with E-state index in [0.29, 0.717) is 19.3 Å². The Balaban J connectivity index is 1.29. The first-order valence-electron chi connectivity index (χ1n) is 15.1. The van der Waals surface area contributed by atoms with Crippen molar-refractivity contribution in [3.63, 3.8) is 0 Å². The van der Waals surface area contributed by atoms with Crippen LogP contribution >= 0.6 is 0 Å². The summed E-state index contributed by atoms with van der Waals surface area (Å²) in [7, 11) is 0. The van der Waals surface area contributed by atoms with Gasteiger partial charge in [0.2, 0.25) is 0 Å². The minimum Gasteiger partial charge on any atom is -0.427 e. The topological polar surface area (TPSA) is 272 Å². The number of aliphatic hydroxyl groups excluding tert-OH is 11. The van der Waals surface area contributed by atoms with Gasteiger partial charge < -0.3 is 79.9 Å². The molecule has 0 aromatic carbocycles. The van der Waals surface area contributed by atoms with E-state index in [2.05, 4.69) is 0 Å². The Morgan fingerprint density at radius 2 is 1.28 bits per heavy atom. The Hall–Kier alpha value is -0.640. The molecule has 16 nitrogen and oxygen atoms in total. The number of hydrogen-bond donors (Lipinski definition) is 11. The molecule has 3 heterocycles. The van der Waals surface area contributed by atoms with E-state index in [9.17, 15) is 56.2 Å². The zero-order valence-electron chi connectivity index (χ0n) is 23.6. The summed E-state index contributed by atoms with van der Waals surface area (Å²) in [5, 5.41) is 113. The van der Waals surface area contributed by atoms with E-state index >= 15 is 0 Å². The summed E-state index contributed by atoms with van der Waals surface area (Å²) in [6.45, 7) is -1.19. The highest BCUT2D eigenvalue weighted by atomic mass is 16.7. The lowest BCUT2D eigenvalue weighted by atomic mass is 9.72. The SMILES string of the molecule is OCC1OC(OCC2OC(OC3CC4C(O)CC(O)CC4[OH+]C3C3CCC(O)C(O)C3)C(O)C(O)C2O)C(O)C(O)C1O. The molecule has 43 heavy (non-hydrogen) atoms. The standard InChI is InChI=1S/C27H46O16/c28-7-17-19(33)21(35)23(37)26(42-17)39-8-18-20(34)22(36)24(38)27(43-18)41-16-6-11-13(31)4-10(29)5-15(11)40-25(16)9-1-2-12(30)14(32)3-9/h9-38H,1-8H2/p+1. The van der Waals surface area contributed by atoms with Crippen LogP contribution in [0.1, 0.15) is 38.5 Å². The number of rotatable bonds is 7. The van der Waals surface area contributed by atoms with Gasteiger partial charge in [-0.15, -0.1) is 0 Å². The molecule has 0 aromatic heterocycles. The van der Waals surface area contributed by atoms with Gasteiger partial charge in [-0.25, -0.2) is 0 Å². The minimum atomic E-state index is -1.74. The van der Waals surface area contributed by atoms with Crippen LogP contribution in [0.4, 0.5) is 0 Å². The first-order chi connectivity index (χ1) is 20.4. The average Bonchev–Trinajstić information content (AvgIpc) is 2.97. The average molecular weight is 628 g/mol. The van der Waals surface area contributed by atoms with Gasteiger partial charge in [-0.05, 0) is 25.7 Å². The lowest BCUT2D eigenvalue weighted by molar-refractivity contribution is -0.362. The summed E-state index contributed by atoms with van der Waals surface area (Å²) in [6, 6.07) is 0. The van der Waals surface area contributed by atoms with Crippen molar-refractivity contribution in [2.24, 2.45) is 11.8 Å². The molecule has 3 saturated heterocycles. The van der Waals surface area contributed by atoms with Crippen LogP contribution in [0.5, 0.6) is 0 Å². The Kier molecular flexibility index (Phi) is 11.0. The van der Waals surface area contributed by atoms with Crippen LogP contribution in [0, 0.1) is 11.8 Å². The lowest BCUT2D eigenvalue weighted by Crippen LogP contribution is -2.63. The van der Waals surface area contributed by atoms with Gasteiger partial charge in [-0.3, -0.25) is 0 Å². The molecule has 2 aliphatic carbocycles. The monoisotopic (exact) mass is 627 g/mol. The fourth-order valence-electron chi connectivity index (χ4n) is 7.24. The van der Waals surface area contributed by atoms with Crippen molar-refractivity contribution in [1.82, 2.24) is 0 Å².